The van der Waals surface area contributed by atoms with E-state index in [0.29, 0.717) is 5.37 Å². The maximum absolute atomic E-state index is 4.61. The minimum Gasteiger partial charge on any atom is -0.302 e. The fourth-order valence-corrected chi connectivity index (χ4v) is 3.78. The van der Waals surface area contributed by atoms with Gasteiger partial charge in [0.1, 0.15) is 0 Å². The Balaban J connectivity index is 2.09. The topological polar surface area (TPSA) is 24.9 Å². The van der Waals surface area contributed by atoms with Gasteiger partial charge in [0, 0.05) is 16.3 Å². The predicted octanol–water partition coefficient (Wildman–Crippen LogP) is 3.66. The van der Waals surface area contributed by atoms with E-state index >= 15 is 0 Å². The molecule has 1 aliphatic heterocycles. The minimum atomic E-state index is 0.403. The van der Waals surface area contributed by atoms with Crippen LogP contribution >= 0.6 is 11.8 Å². The van der Waals surface area contributed by atoms with Gasteiger partial charge in [-0.1, -0.05) is 25.1 Å². The number of benzene rings is 1. The second kappa shape index (κ2) is 4.90. The summed E-state index contributed by atoms with van der Waals surface area (Å²) in [6.45, 7) is 5.50. The van der Waals surface area contributed by atoms with Crippen molar-refractivity contribution in [2.45, 2.75) is 30.9 Å². The van der Waals surface area contributed by atoms with Gasteiger partial charge in [0.15, 0.2) is 0 Å². The fourth-order valence-electron chi connectivity index (χ4n) is 2.51. The number of aryl methyl sites for hydroxylation is 1. The number of fused-ring (bicyclic) bond motifs is 1. The molecule has 1 aliphatic rings. The fraction of sp³-hybridized carbons (Fsp3) is 0.400. The molecule has 0 spiro atoms. The summed E-state index contributed by atoms with van der Waals surface area (Å²) >= 11 is 2.02. The van der Waals surface area contributed by atoms with E-state index in [4.69, 9.17) is 0 Å². The molecule has 0 amide bonds. The Morgan fingerprint density at radius 1 is 1.33 bits per heavy atom. The van der Waals surface area contributed by atoms with Gasteiger partial charge in [-0.2, -0.15) is 0 Å². The van der Waals surface area contributed by atoms with E-state index in [1.54, 1.807) is 0 Å². The molecule has 1 fully saturated rings. The molecule has 2 aromatic rings. The van der Waals surface area contributed by atoms with Crippen LogP contribution in [0.15, 0.2) is 30.3 Å². The Morgan fingerprint density at radius 3 is 3.00 bits per heavy atom. The summed E-state index contributed by atoms with van der Waals surface area (Å²) in [6.07, 6.45) is 1.25. The zero-order valence-electron chi connectivity index (χ0n) is 10.8. The van der Waals surface area contributed by atoms with Crippen molar-refractivity contribution < 1.29 is 0 Å². The van der Waals surface area contributed by atoms with Gasteiger partial charge in [-0.15, -0.1) is 11.8 Å². The quantitative estimate of drug-likeness (QED) is 0.845. The van der Waals surface area contributed by atoms with Crippen molar-refractivity contribution in [2.75, 3.05) is 6.54 Å². The molecule has 1 saturated heterocycles. The standard InChI is InChI=1S/C15H18N2S/c1-10-9-13(15-16-8-7-11(2)18-15)12-5-3-4-6-14(12)17-10/h3-6,9,11,15-16H,7-8H2,1-2H3. The molecule has 1 aromatic heterocycles. The van der Waals surface area contributed by atoms with Crippen molar-refractivity contribution in [3.8, 4) is 0 Å². The molecular weight excluding hydrogens is 240 g/mol. The van der Waals surface area contributed by atoms with Crippen LogP contribution < -0.4 is 5.32 Å². The van der Waals surface area contributed by atoms with Crippen LogP contribution in [-0.2, 0) is 0 Å². The normalized spacial score (nSPS) is 24.3. The van der Waals surface area contributed by atoms with Crippen LogP contribution in [0.5, 0.6) is 0 Å². The van der Waals surface area contributed by atoms with E-state index in [1.807, 2.05) is 11.8 Å². The van der Waals surface area contributed by atoms with Crippen molar-refractivity contribution in [1.82, 2.24) is 10.3 Å². The first-order valence-corrected chi connectivity index (χ1v) is 7.43. The summed E-state index contributed by atoms with van der Waals surface area (Å²) in [6, 6.07) is 10.7. The molecule has 0 radical (unpaired) electrons. The lowest BCUT2D eigenvalue weighted by molar-refractivity contribution is 0.607. The Bertz CT molecular complexity index is 567. The van der Waals surface area contributed by atoms with Crippen molar-refractivity contribution in [1.29, 1.82) is 0 Å². The van der Waals surface area contributed by atoms with Gasteiger partial charge < -0.3 is 5.32 Å². The summed E-state index contributed by atoms with van der Waals surface area (Å²) in [4.78, 5) is 4.61. The van der Waals surface area contributed by atoms with Gasteiger partial charge in [0.2, 0.25) is 0 Å². The van der Waals surface area contributed by atoms with Crippen molar-refractivity contribution in [3.05, 3.63) is 41.6 Å². The zero-order valence-corrected chi connectivity index (χ0v) is 11.6. The molecule has 94 valence electrons. The monoisotopic (exact) mass is 258 g/mol. The highest BCUT2D eigenvalue weighted by Crippen LogP contribution is 2.37. The third-order valence-corrected chi connectivity index (χ3v) is 4.80. The third kappa shape index (κ3) is 2.25. The maximum Gasteiger partial charge on any atom is 0.0799 e. The number of hydrogen-bond acceptors (Lipinski definition) is 3. The highest BCUT2D eigenvalue weighted by atomic mass is 32.2. The SMILES string of the molecule is Cc1cc(C2NCCC(C)S2)c2ccccc2n1. The summed E-state index contributed by atoms with van der Waals surface area (Å²) in [5.41, 5.74) is 3.59. The number of aromatic nitrogens is 1. The Kier molecular flexibility index (Phi) is 3.27. The largest absolute Gasteiger partial charge is 0.302 e. The van der Waals surface area contributed by atoms with E-state index in [0.717, 1.165) is 23.0 Å². The second-order valence-corrected chi connectivity index (χ2v) is 6.49. The van der Waals surface area contributed by atoms with Crippen molar-refractivity contribution in [2.24, 2.45) is 0 Å². The number of hydrogen-bond donors (Lipinski definition) is 1. The summed E-state index contributed by atoms with van der Waals surface area (Å²) in [7, 11) is 0. The van der Waals surface area contributed by atoms with Gasteiger partial charge in [-0.05, 0) is 37.6 Å². The first-order valence-electron chi connectivity index (χ1n) is 6.49. The van der Waals surface area contributed by atoms with E-state index in [2.05, 4.69) is 54.5 Å². The van der Waals surface area contributed by atoms with E-state index in [-0.39, 0.29) is 0 Å². The first kappa shape index (κ1) is 12.0. The minimum absolute atomic E-state index is 0.403. The van der Waals surface area contributed by atoms with Crippen LogP contribution in [0.1, 0.15) is 30.0 Å². The number of rotatable bonds is 1. The van der Waals surface area contributed by atoms with Gasteiger partial charge in [-0.25, -0.2) is 0 Å². The van der Waals surface area contributed by atoms with Crippen LogP contribution in [0.3, 0.4) is 0 Å². The number of nitrogens with zero attached hydrogens (tertiary/aromatic N) is 1. The Labute approximate surface area is 112 Å². The highest BCUT2D eigenvalue weighted by Gasteiger charge is 2.22. The molecule has 3 heteroatoms. The maximum atomic E-state index is 4.61. The van der Waals surface area contributed by atoms with Gasteiger partial charge >= 0.3 is 0 Å². The van der Waals surface area contributed by atoms with Gasteiger partial charge in [-0.3, -0.25) is 4.98 Å². The average Bonchev–Trinajstić information content (AvgIpc) is 2.37. The summed E-state index contributed by atoms with van der Waals surface area (Å²) < 4.78 is 0. The lowest BCUT2D eigenvalue weighted by atomic mass is 10.1. The second-order valence-electron chi connectivity index (χ2n) is 4.94. The number of nitrogens with one attached hydrogen (secondary N) is 1. The lowest BCUT2D eigenvalue weighted by Gasteiger charge is -2.29. The van der Waals surface area contributed by atoms with E-state index < -0.39 is 0 Å². The van der Waals surface area contributed by atoms with E-state index in [9.17, 15) is 0 Å². The van der Waals surface area contributed by atoms with Gasteiger partial charge in [0.25, 0.3) is 0 Å². The van der Waals surface area contributed by atoms with Crippen LogP contribution in [0.25, 0.3) is 10.9 Å². The Morgan fingerprint density at radius 2 is 2.17 bits per heavy atom. The molecule has 2 unspecified atom stereocenters. The summed E-state index contributed by atoms with van der Waals surface area (Å²) in [5, 5.41) is 6.03. The molecule has 0 aliphatic carbocycles. The average molecular weight is 258 g/mol. The smallest absolute Gasteiger partial charge is 0.0799 e. The Hall–Kier alpha value is -1.06. The molecule has 3 rings (SSSR count). The van der Waals surface area contributed by atoms with Crippen LogP contribution in [0.2, 0.25) is 0 Å². The van der Waals surface area contributed by atoms with Crippen molar-refractivity contribution in [3.63, 3.8) is 0 Å². The number of pyridine rings is 1. The predicted molar refractivity (Wildman–Crippen MR) is 78.9 cm³/mol. The van der Waals surface area contributed by atoms with Crippen LogP contribution in [0.4, 0.5) is 0 Å². The molecule has 18 heavy (non-hydrogen) atoms. The lowest BCUT2D eigenvalue weighted by Crippen LogP contribution is -2.29. The van der Waals surface area contributed by atoms with Crippen molar-refractivity contribution >= 4 is 22.7 Å². The molecule has 2 nitrogen and oxygen atoms in total. The molecule has 1 N–H and O–H groups in total. The van der Waals surface area contributed by atoms with Crippen LogP contribution in [-0.4, -0.2) is 16.8 Å². The first-order chi connectivity index (χ1) is 8.74. The summed E-state index contributed by atoms with van der Waals surface area (Å²) in [5.74, 6) is 0. The third-order valence-electron chi connectivity index (χ3n) is 3.41. The van der Waals surface area contributed by atoms with Gasteiger partial charge in [0.05, 0.1) is 10.9 Å². The van der Waals surface area contributed by atoms with Crippen LogP contribution in [0, 0.1) is 6.92 Å². The highest BCUT2D eigenvalue weighted by molar-refractivity contribution is 8.00. The molecule has 2 heterocycles. The molecule has 1 aromatic carbocycles. The zero-order chi connectivity index (χ0) is 12.5. The molecule has 2 atom stereocenters. The number of para-hydroxylation sites is 1. The molecular formula is C15H18N2S. The molecule has 0 bridgehead atoms. The molecule has 0 saturated carbocycles. The van der Waals surface area contributed by atoms with E-state index in [1.165, 1.54) is 17.4 Å². The number of thioether (sulfide) groups is 1.